The minimum atomic E-state index is -0.306. The predicted octanol–water partition coefficient (Wildman–Crippen LogP) is 0.704. The Morgan fingerprint density at radius 3 is 2.79 bits per heavy atom. The molecular weight excluding hydrogens is 182 g/mol. The molecule has 0 aromatic carbocycles. The summed E-state index contributed by atoms with van der Waals surface area (Å²) in [7, 11) is 0. The molecule has 1 aromatic rings. The Labute approximate surface area is 82.2 Å². The number of aromatic amines is 1. The summed E-state index contributed by atoms with van der Waals surface area (Å²) in [6.45, 7) is 1.78. The van der Waals surface area contributed by atoms with E-state index in [-0.39, 0.29) is 17.8 Å². The summed E-state index contributed by atoms with van der Waals surface area (Å²) in [5, 5.41) is 17.9. The number of H-pyrrole nitrogens is 1. The predicted molar refractivity (Wildman–Crippen MR) is 53.5 cm³/mol. The summed E-state index contributed by atoms with van der Waals surface area (Å²) < 4.78 is 0. The van der Waals surface area contributed by atoms with Gasteiger partial charge in [0.05, 0.1) is 5.69 Å². The lowest BCUT2D eigenvalue weighted by Crippen LogP contribution is -2.10. The highest BCUT2D eigenvalue weighted by Crippen LogP contribution is 2.08. The van der Waals surface area contributed by atoms with Crippen LogP contribution in [0.15, 0.2) is 11.0 Å². The van der Waals surface area contributed by atoms with E-state index in [1.807, 2.05) is 0 Å². The van der Waals surface area contributed by atoms with Crippen molar-refractivity contribution in [3.63, 3.8) is 0 Å². The van der Waals surface area contributed by atoms with E-state index >= 15 is 0 Å². The Morgan fingerprint density at radius 2 is 2.14 bits per heavy atom. The monoisotopic (exact) mass is 197 g/mol. The first-order chi connectivity index (χ1) is 6.66. The van der Waals surface area contributed by atoms with Gasteiger partial charge in [0.25, 0.3) is 0 Å². The summed E-state index contributed by atoms with van der Waals surface area (Å²) >= 11 is 0. The van der Waals surface area contributed by atoms with Crippen LogP contribution >= 0.6 is 0 Å². The van der Waals surface area contributed by atoms with E-state index in [0.717, 1.165) is 6.42 Å². The van der Waals surface area contributed by atoms with E-state index in [9.17, 15) is 9.90 Å². The molecule has 0 saturated carbocycles. The van der Waals surface area contributed by atoms with Gasteiger partial charge in [-0.15, -0.1) is 0 Å². The van der Waals surface area contributed by atoms with Gasteiger partial charge in [-0.1, -0.05) is 0 Å². The van der Waals surface area contributed by atoms with Crippen molar-refractivity contribution in [2.24, 2.45) is 0 Å². The number of aliphatic hydroxyl groups is 1. The fourth-order valence-electron chi connectivity index (χ4n) is 1.26. The molecule has 78 valence electrons. The zero-order valence-electron chi connectivity index (χ0n) is 8.21. The molecular formula is C10H15NO3. The number of pyridine rings is 1. The number of nitrogens with one attached hydrogen (secondary N) is 1. The van der Waals surface area contributed by atoms with Crippen molar-refractivity contribution in [3.8, 4) is 5.75 Å². The third kappa shape index (κ3) is 2.35. The van der Waals surface area contributed by atoms with Crippen molar-refractivity contribution < 1.29 is 10.2 Å². The Kier molecular flexibility index (Phi) is 3.71. The summed E-state index contributed by atoms with van der Waals surface area (Å²) in [5.74, 6) is -0.202. The van der Waals surface area contributed by atoms with Crippen LogP contribution in [0.2, 0.25) is 0 Å². The summed E-state index contributed by atoms with van der Waals surface area (Å²) in [6.07, 6.45) is 3.63. The van der Waals surface area contributed by atoms with E-state index in [1.165, 1.54) is 0 Å². The van der Waals surface area contributed by atoms with Crippen molar-refractivity contribution in [3.05, 3.63) is 27.7 Å². The molecule has 0 spiro atoms. The van der Waals surface area contributed by atoms with Crippen LogP contribution in [0.5, 0.6) is 5.75 Å². The van der Waals surface area contributed by atoms with E-state index < -0.39 is 0 Å². The van der Waals surface area contributed by atoms with Gasteiger partial charge in [-0.05, 0) is 26.2 Å². The Morgan fingerprint density at radius 1 is 1.43 bits per heavy atom. The van der Waals surface area contributed by atoms with Gasteiger partial charge < -0.3 is 15.2 Å². The van der Waals surface area contributed by atoms with Gasteiger partial charge in [0.2, 0.25) is 5.43 Å². The van der Waals surface area contributed by atoms with Crippen molar-refractivity contribution in [2.75, 3.05) is 6.61 Å². The Bertz CT molecular complexity index is 357. The first kappa shape index (κ1) is 10.8. The zero-order chi connectivity index (χ0) is 10.6. The van der Waals surface area contributed by atoms with Gasteiger partial charge in [0.15, 0.2) is 5.75 Å². The smallest absolute Gasteiger partial charge is 0.226 e. The third-order valence-electron chi connectivity index (χ3n) is 2.18. The van der Waals surface area contributed by atoms with Crippen molar-refractivity contribution in [2.45, 2.75) is 26.2 Å². The van der Waals surface area contributed by atoms with Gasteiger partial charge in [-0.25, -0.2) is 0 Å². The average Bonchev–Trinajstić information content (AvgIpc) is 2.18. The summed E-state index contributed by atoms with van der Waals surface area (Å²) in [4.78, 5) is 14.3. The van der Waals surface area contributed by atoms with Crippen LogP contribution in [0.3, 0.4) is 0 Å². The number of unbranched alkanes of at least 4 members (excludes halogenated alkanes) is 1. The highest BCUT2D eigenvalue weighted by atomic mass is 16.3. The molecule has 0 saturated heterocycles. The van der Waals surface area contributed by atoms with Crippen LogP contribution < -0.4 is 5.43 Å². The lowest BCUT2D eigenvalue weighted by atomic mass is 10.1. The van der Waals surface area contributed by atoms with Crippen molar-refractivity contribution in [1.29, 1.82) is 0 Å². The van der Waals surface area contributed by atoms with Gasteiger partial charge in [-0.2, -0.15) is 0 Å². The molecule has 0 aliphatic rings. The molecule has 0 aliphatic heterocycles. The number of aliphatic hydroxyl groups excluding tert-OH is 1. The molecule has 4 nitrogen and oxygen atoms in total. The Balaban J connectivity index is 2.79. The van der Waals surface area contributed by atoms with Gasteiger partial charge in [0, 0.05) is 18.4 Å². The lowest BCUT2D eigenvalue weighted by Gasteiger charge is -2.02. The normalized spacial score (nSPS) is 10.4. The standard InChI is InChI=1S/C10H15NO3/c1-7-9(13)10(14)8(6-11-7)4-2-3-5-12/h6,12-13H,2-5H2,1H3,(H,11,14). The summed E-state index contributed by atoms with van der Waals surface area (Å²) in [6, 6.07) is 0. The second-order valence-electron chi connectivity index (χ2n) is 3.30. The number of aromatic nitrogens is 1. The SMILES string of the molecule is Cc1[nH]cc(CCCCO)c(=O)c1O. The number of hydrogen-bond donors (Lipinski definition) is 3. The maximum absolute atomic E-state index is 11.5. The van der Waals surface area contributed by atoms with Crippen molar-refractivity contribution >= 4 is 0 Å². The minimum Gasteiger partial charge on any atom is -0.503 e. The van der Waals surface area contributed by atoms with Crippen LogP contribution in [0.4, 0.5) is 0 Å². The van der Waals surface area contributed by atoms with E-state index in [1.54, 1.807) is 13.1 Å². The van der Waals surface area contributed by atoms with Gasteiger partial charge in [-0.3, -0.25) is 4.79 Å². The first-order valence-electron chi connectivity index (χ1n) is 4.67. The van der Waals surface area contributed by atoms with Crippen LogP contribution in [-0.4, -0.2) is 21.8 Å². The molecule has 3 N–H and O–H groups in total. The molecule has 4 heteroatoms. The van der Waals surface area contributed by atoms with Gasteiger partial charge >= 0.3 is 0 Å². The summed E-state index contributed by atoms with van der Waals surface area (Å²) in [5.41, 5.74) is 0.752. The minimum absolute atomic E-state index is 0.135. The second kappa shape index (κ2) is 4.81. The lowest BCUT2D eigenvalue weighted by molar-refractivity contribution is 0.284. The molecule has 0 unspecified atom stereocenters. The van der Waals surface area contributed by atoms with E-state index in [4.69, 9.17) is 5.11 Å². The molecule has 1 heterocycles. The first-order valence-corrected chi connectivity index (χ1v) is 4.67. The maximum Gasteiger partial charge on any atom is 0.226 e. The second-order valence-corrected chi connectivity index (χ2v) is 3.30. The average molecular weight is 197 g/mol. The third-order valence-corrected chi connectivity index (χ3v) is 2.18. The molecule has 1 aromatic heterocycles. The fraction of sp³-hybridized carbons (Fsp3) is 0.500. The molecule has 0 bridgehead atoms. The van der Waals surface area contributed by atoms with E-state index in [0.29, 0.717) is 24.1 Å². The number of rotatable bonds is 4. The molecule has 0 aliphatic carbocycles. The fourth-order valence-corrected chi connectivity index (χ4v) is 1.26. The quantitative estimate of drug-likeness (QED) is 0.622. The van der Waals surface area contributed by atoms with Crippen LogP contribution in [0, 0.1) is 6.92 Å². The molecule has 0 amide bonds. The number of aryl methyl sites for hydroxylation is 2. The van der Waals surface area contributed by atoms with Crippen LogP contribution in [0.25, 0.3) is 0 Å². The largest absolute Gasteiger partial charge is 0.503 e. The number of hydrogen-bond acceptors (Lipinski definition) is 3. The molecule has 14 heavy (non-hydrogen) atoms. The molecule has 0 fully saturated rings. The van der Waals surface area contributed by atoms with Crippen LogP contribution in [-0.2, 0) is 6.42 Å². The molecule has 0 atom stereocenters. The zero-order valence-corrected chi connectivity index (χ0v) is 8.21. The van der Waals surface area contributed by atoms with E-state index in [2.05, 4.69) is 4.98 Å². The Hall–Kier alpha value is -1.29. The topological polar surface area (TPSA) is 73.3 Å². The maximum atomic E-state index is 11.5. The highest BCUT2D eigenvalue weighted by Gasteiger charge is 2.06. The van der Waals surface area contributed by atoms with Crippen molar-refractivity contribution in [1.82, 2.24) is 4.98 Å². The van der Waals surface area contributed by atoms with Crippen LogP contribution in [0.1, 0.15) is 24.1 Å². The highest BCUT2D eigenvalue weighted by molar-refractivity contribution is 5.29. The molecule has 0 radical (unpaired) electrons. The molecule has 1 rings (SSSR count). The number of aromatic hydroxyl groups is 1. The van der Waals surface area contributed by atoms with Gasteiger partial charge in [0.1, 0.15) is 0 Å².